The molecule has 0 unspecified atom stereocenters. The van der Waals surface area contributed by atoms with Gasteiger partial charge in [-0.25, -0.2) is 0 Å². The molecule has 5 heteroatoms. The Hall–Kier alpha value is -2.30. The molecule has 0 spiro atoms. The summed E-state index contributed by atoms with van der Waals surface area (Å²) < 4.78 is 37.6. The van der Waals surface area contributed by atoms with Gasteiger partial charge in [0.05, 0.1) is 11.8 Å². The summed E-state index contributed by atoms with van der Waals surface area (Å²) in [6.45, 7) is 2.23. The van der Waals surface area contributed by atoms with Crippen molar-refractivity contribution in [1.29, 1.82) is 0 Å². The van der Waals surface area contributed by atoms with Crippen molar-refractivity contribution in [2.45, 2.75) is 19.7 Å². The van der Waals surface area contributed by atoms with E-state index in [0.717, 1.165) is 23.3 Å². The van der Waals surface area contributed by atoms with Crippen molar-refractivity contribution in [1.82, 2.24) is 0 Å². The van der Waals surface area contributed by atoms with Crippen molar-refractivity contribution >= 4 is 6.21 Å². The van der Waals surface area contributed by atoms with Gasteiger partial charge in [-0.1, -0.05) is 41.6 Å². The van der Waals surface area contributed by atoms with E-state index in [1.807, 2.05) is 31.2 Å². The Kier molecular flexibility index (Phi) is 4.62. The summed E-state index contributed by atoms with van der Waals surface area (Å²) in [7, 11) is 0. The van der Waals surface area contributed by atoms with Gasteiger partial charge in [-0.15, -0.1) is 0 Å². The van der Waals surface area contributed by atoms with Crippen molar-refractivity contribution in [3.63, 3.8) is 0 Å². The smallest absolute Gasteiger partial charge is 0.391 e. The molecular weight excluding hydrogens is 279 g/mol. The molecule has 0 saturated heterocycles. The predicted octanol–water partition coefficient (Wildman–Crippen LogP) is 4.56. The van der Waals surface area contributed by atoms with Crippen molar-refractivity contribution in [3.05, 3.63) is 70.8 Å². The van der Waals surface area contributed by atoms with E-state index in [1.165, 1.54) is 18.3 Å². The molecule has 0 heterocycles. The van der Waals surface area contributed by atoms with Gasteiger partial charge < -0.3 is 4.84 Å². The summed E-state index contributed by atoms with van der Waals surface area (Å²) in [6.07, 6.45) is -3.08. The average Bonchev–Trinajstić information content (AvgIpc) is 2.45. The summed E-state index contributed by atoms with van der Waals surface area (Å²) in [5.74, 6) is 0. The lowest BCUT2D eigenvalue weighted by Gasteiger charge is -2.06. The molecule has 2 aromatic carbocycles. The van der Waals surface area contributed by atoms with Gasteiger partial charge in [0.15, 0.2) is 0 Å². The molecule has 0 N–H and O–H groups in total. The topological polar surface area (TPSA) is 21.6 Å². The number of hydrogen-bond acceptors (Lipinski definition) is 2. The second-order valence-electron chi connectivity index (χ2n) is 4.56. The number of rotatable bonds is 4. The standard InChI is InChI=1S/C16H14F3NO/c1-12-5-2-3-7-14(12)11-21-20-10-13-6-4-8-15(9-13)16(17,18)19/h2-10H,11H2,1H3. The molecule has 0 bridgehead atoms. The fraction of sp³-hybridized carbons (Fsp3) is 0.188. The van der Waals surface area contributed by atoms with Gasteiger partial charge in [0.25, 0.3) is 0 Å². The quantitative estimate of drug-likeness (QED) is 0.598. The first-order valence-electron chi connectivity index (χ1n) is 6.34. The Morgan fingerprint density at radius 3 is 2.57 bits per heavy atom. The number of halogens is 3. The fourth-order valence-corrected chi connectivity index (χ4v) is 1.77. The van der Waals surface area contributed by atoms with Gasteiger partial charge in [0.1, 0.15) is 6.61 Å². The molecule has 2 nitrogen and oxygen atoms in total. The first-order valence-corrected chi connectivity index (χ1v) is 6.34. The Labute approximate surface area is 120 Å². The molecule has 0 atom stereocenters. The van der Waals surface area contributed by atoms with Gasteiger partial charge in [0.2, 0.25) is 0 Å². The Balaban J connectivity index is 1.98. The summed E-state index contributed by atoms with van der Waals surface area (Å²) in [6, 6.07) is 12.6. The average molecular weight is 293 g/mol. The van der Waals surface area contributed by atoms with Crippen LogP contribution in [0.5, 0.6) is 0 Å². The third-order valence-electron chi connectivity index (χ3n) is 2.97. The van der Waals surface area contributed by atoms with Crippen LogP contribution in [-0.4, -0.2) is 6.21 Å². The Morgan fingerprint density at radius 2 is 1.86 bits per heavy atom. The maximum Gasteiger partial charge on any atom is 0.416 e. The summed E-state index contributed by atoms with van der Waals surface area (Å²) >= 11 is 0. The molecule has 0 aliphatic carbocycles. The molecule has 0 aliphatic heterocycles. The number of hydrogen-bond donors (Lipinski definition) is 0. The normalized spacial score (nSPS) is 11.8. The predicted molar refractivity (Wildman–Crippen MR) is 75.0 cm³/mol. The minimum absolute atomic E-state index is 0.280. The molecule has 2 aromatic rings. The molecule has 0 amide bonds. The molecule has 110 valence electrons. The van der Waals surface area contributed by atoms with Crippen LogP contribution in [0.25, 0.3) is 0 Å². The highest BCUT2D eigenvalue weighted by atomic mass is 19.4. The lowest BCUT2D eigenvalue weighted by Crippen LogP contribution is -2.05. The van der Waals surface area contributed by atoms with Crippen molar-refractivity contribution in [3.8, 4) is 0 Å². The van der Waals surface area contributed by atoms with E-state index in [-0.39, 0.29) is 6.61 Å². The van der Waals surface area contributed by atoms with E-state index in [1.54, 1.807) is 0 Å². The lowest BCUT2D eigenvalue weighted by molar-refractivity contribution is -0.137. The number of oxime groups is 1. The van der Waals surface area contributed by atoms with Crippen molar-refractivity contribution < 1.29 is 18.0 Å². The van der Waals surface area contributed by atoms with Crippen LogP contribution in [0.3, 0.4) is 0 Å². The van der Waals surface area contributed by atoms with E-state index in [9.17, 15) is 13.2 Å². The third-order valence-corrected chi connectivity index (χ3v) is 2.97. The van der Waals surface area contributed by atoms with Gasteiger partial charge in [-0.3, -0.25) is 0 Å². The van der Waals surface area contributed by atoms with Crippen LogP contribution < -0.4 is 0 Å². The summed E-state index contributed by atoms with van der Waals surface area (Å²) in [4.78, 5) is 5.12. The maximum absolute atomic E-state index is 12.5. The number of benzene rings is 2. The number of aryl methyl sites for hydroxylation is 1. The van der Waals surface area contributed by atoms with Crippen LogP contribution in [0.2, 0.25) is 0 Å². The minimum Gasteiger partial charge on any atom is -0.391 e. The van der Waals surface area contributed by atoms with Crippen LogP contribution in [0.1, 0.15) is 22.3 Å². The first kappa shape index (κ1) is 15.1. The maximum atomic E-state index is 12.5. The molecule has 0 aromatic heterocycles. The highest BCUT2D eigenvalue weighted by molar-refractivity contribution is 5.79. The van der Waals surface area contributed by atoms with Crippen molar-refractivity contribution in [2.24, 2.45) is 5.16 Å². The van der Waals surface area contributed by atoms with Gasteiger partial charge in [0, 0.05) is 0 Å². The van der Waals surface area contributed by atoms with Crippen LogP contribution in [0.4, 0.5) is 13.2 Å². The zero-order chi connectivity index (χ0) is 15.3. The molecule has 0 radical (unpaired) electrons. The number of alkyl halides is 3. The second-order valence-corrected chi connectivity index (χ2v) is 4.56. The van der Waals surface area contributed by atoms with Gasteiger partial charge in [-0.2, -0.15) is 13.2 Å². The van der Waals surface area contributed by atoms with Crippen LogP contribution >= 0.6 is 0 Å². The van der Waals surface area contributed by atoms with E-state index in [2.05, 4.69) is 5.16 Å². The summed E-state index contributed by atoms with van der Waals surface area (Å²) in [5, 5.41) is 3.71. The monoisotopic (exact) mass is 293 g/mol. The Morgan fingerprint density at radius 1 is 1.10 bits per heavy atom. The molecule has 21 heavy (non-hydrogen) atoms. The molecule has 0 aliphatic rings. The number of nitrogens with zero attached hydrogens (tertiary/aromatic N) is 1. The minimum atomic E-state index is -4.36. The highest BCUT2D eigenvalue weighted by Crippen LogP contribution is 2.29. The van der Waals surface area contributed by atoms with E-state index in [0.29, 0.717) is 5.56 Å². The zero-order valence-corrected chi connectivity index (χ0v) is 11.4. The molecular formula is C16H14F3NO. The van der Waals surface area contributed by atoms with E-state index in [4.69, 9.17) is 4.84 Å². The van der Waals surface area contributed by atoms with Gasteiger partial charge in [-0.05, 0) is 35.7 Å². The fourth-order valence-electron chi connectivity index (χ4n) is 1.77. The SMILES string of the molecule is Cc1ccccc1CON=Cc1cccc(C(F)(F)F)c1. The largest absolute Gasteiger partial charge is 0.416 e. The molecule has 0 fully saturated rings. The lowest BCUT2D eigenvalue weighted by atomic mass is 10.1. The first-order chi connectivity index (χ1) is 9.97. The van der Waals surface area contributed by atoms with Gasteiger partial charge >= 0.3 is 6.18 Å². The third kappa shape index (κ3) is 4.34. The van der Waals surface area contributed by atoms with Crippen LogP contribution in [0.15, 0.2) is 53.7 Å². The second kappa shape index (κ2) is 6.43. The van der Waals surface area contributed by atoms with E-state index < -0.39 is 11.7 Å². The zero-order valence-electron chi connectivity index (χ0n) is 11.4. The summed E-state index contributed by atoms with van der Waals surface area (Å²) in [5.41, 5.74) is 1.70. The van der Waals surface area contributed by atoms with E-state index >= 15 is 0 Å². The van der Waals surface area contributed by atoms with Crippen LogP contribution in [0, 0.1) is 6.92 Å². The Bertz CT molecular complexity index is 635. The van der Waals surface area contributed by atoms with Crippen LogP contribution in [-0.2, 0) is 17.6 Å². The highest BCUT2D eigenvalue weighted by Gasteiger charge is 2.30. The van der Waals surface area contributed by atoms with Crippen molar-refractivity contribution in [2.75, 3.05) is 0 Å². The molecule has 0 saturated carbocycles. The molecule has 2 rings (SSSR count).